The van der Waals surface area contributed by atoms with Gasteiger partial charge in [-0.05, 0) is 42.4 Å². The lowest BCUT2D eigenvalue weighted by Crippen LogP contribution is -2.16. The van der Waals surface area contributed by atoms with Gasteiger partial charge >= 0.3 is 0 Å². The van der Waals surface area contributed by atoms with Crippen LogP contribution >= 0.6 is 0 Å². The fourth-order valence-electron chi connectivity index (χ4n) is 2.01. The number of amides is 1. The molecular weight excluding hydrogens is 193 g/mol. The maximum absolute atomic E-state index is 13.0. The molecule has 1 saturated carbocycles. The topological polar surface area (TPSA) is 43.1 Å². The molecule has 1 unspecified atom stereocenters. The summed E-state index contributed by atoms with van der Waals surface area (Å²) in [5.41, 5.74) is 6.10. The Kier molecular flexibility index (Phi) is 2.71. The molecule has 0 radical (unpaired) electrons. The molecule has 2 N–H and O–H groups in total. The van der Waals surface area contributed by atoms with Gasteiger partial charge in [-0.1, -0.05) is 12.1 Å². The zero-order valence-corrected chi connectivity index (χ0v) is 8.45. The minimum absolute atomic E-state index is 0.109. The first-order chi connectivity index (χ1) is 7.16. The van der Waals surface area contributed by atoms with Crippen molar-refractivity contribution in [2.75, 3.05) is 0 Å². The van der Waals surface area contributed by atoms with Crippen LogP contribution in [-0.2, 0) is 4.79 Å². The van der Waals surface area contributed by atoms with Crippen LogP contribution in [0, 0.1) is 11.7 Å². The zero-order chi connectivity index (χ0) is 10.8. The predicted molar refractivity (Wildman–Crippen MR) is 55.7 cm³/mol. The minimum Gasteiger partial charge on any atom is -0.370 e. The highest BCUT2D eigenvalue weighted by Gasteiger charge is 2.33. The summed E-state index contributed by atoms with van der Waals surface area (Å²) in [6.07, 6.45) is 2.57. The van der Waals surface area contributed by atoms with Crippen molar-refractivity contribution in [2.45, 2.75) is 25.2 Å². The van der Waals surface area contributed by atoms with Crippen molar-refractivity contribution >= 4 is 5.91 Å². The van der Waals surface area contributed by atoms with E-state index in [1.807, 2.05) is 6.07 Å². The summed E-state index contributed by atoms with van der Waals surface area (Å²) in [7, 11) is 0. The quantitative estimate of drug-likeness (QED) is 0.808. The Morgan fingerprint density at radius 2 is 2.27 bits per heavy atom. The fraction of sp³-hybridized carbons (Fsp3) is 0.417. The molecule has 2 nitrogen and oxygen atoms in total. The SMILES string of the molecule is NC(=O)CC(c1cccc(F)c1)C1CC1. The number of benzene rings is 1. The first-order valence-corrected chi connectivity index (χ1v) is 5.20. The van der Waals surface area contributed by atoms with Gasteiger partial charge in [0.05, 0.1) is 0 Å². The van der Waals surface area contributed by atoms with Crippen LogP contribution in [0.5, 0.6) is 0 Å². The van der Waals surface area contributed by atoms with E-state index in [0.29, 0.717) is 12.3 Å². The second kappa shape index (κ2) is 4.01. The van der Waals surface area contributed by atoms with Crippen LogP contribution in [0.1, 0.15) is 30.7 Å². The van der Waals surface area contributed by atoms with Gasteiger partial charge in [0.1, 0.15) is 5.82 Å². The number of primary amides is 1. The molecule has 0 saturated heterocycles. The molecule has 0 heterocycles. The van der Waals surface area contributed by atoms with Crippen LogP contribution in [0.3, 0.4) is 0 Å². The van der Waals surface area contributed by atoms with Crippen molar-refractivity contribution in [1.82, 2.24) is 0 Å². The Bertz CT molecular complexity index is 374. The monoisotopic (exact) mass is 207 g/mol. The lowest BCUT2D eigenvalue weighted by molar-refractivity contribution is -0.118. The molecule has 0 aliphatic heterocycles. The van der Waals surface area contributed by atoms with Crippen molar-refractivity contribution < 1.29 is 9.18 Å². The van der Waals surface area contributed by atoms with Gasteiger partial charge in [-0.2, -0.15) is 0 Å². The fourth-order valence-corrected chi connectivity index (χ4v) is 2.01. The van der Waals surface area contributed by atoms with E-state index in [4.69, 9.17) is 5.73 Å². The number of rotatable bonds is 4. The van der Waals surface area contributed by atoms with Gasteiger partial charge in [-0.25, -0.2) is 4.39 Å². The van der Waals surface area contributed by atoms with Crippen LogP contribution in [0.15, 0.2) is 24.3 Å². The van der Waals surface area contributed by atoms with E-state index in [1.165, 1.54) is 12.1 Å². The molecule has 1 aliphatic carbocycles. The molecule has 1 fully saturated rings. The van der Waals surface area contributed by atoms with Gasteiger partial charge in [-0.3, -0.25) is 4.79 Å². The van der Waals surface area contributed by atoms with E-state index in [9.17, 15) is 9.18 Å². The number of carbonyl (C=O) groups excluding carboxylic acids is 1. The standard InChI is InChI=1S/C12H14FNO/c13-10-3-1-2-9(6-10)11(7-12(14)15)8-4-5-8/h1-3,6,8,11H,4-5,7H2,(H2,14,15). The molecule has 80 valence electrons. The summed E-state index contributed by atoms with van der Waals surface area (Å²) in [6, 6.07) is 6.47. The summed E-state index contributed by atoms with van der Waals surface area (Å²) in [6.45, 7) is 0. The molecule has 1 amide bonds. The van der Waals surface area contributed by atoms with E-state index in [1.54, 1.807) is 6.07 Å². The van der Waals surface area contributed by atoms with Crippen molar-refractivity contribution in [2.24, 2.45) is 11.7 Å². The van der Waals surface area contributed by atoms with Gasteiger partial charge in [0.25, 0.3) is 0 Å². The largest absolute Gasteiger partial charge is 0.370 e. The minimum atomic E-state index is -0.309. The van der Waals surface area contributed by atoms with Crippen LogP contribution in [0.25, 0.3) is 0 Å². The highest BCUT2D eigenvalue weighted by molar-refractivity contribution is 5.74. The molecular formula is C12H14FNO. The summed E-state index contributed by atoms with van der Waals surface area (Å²) >= 11 is 0. The second-order valence-corrected chi connectivity index (χ2v) is 4.17. The van der Waals surface area contributed by atoms with Crippen LogP contribution in [-0.4, -0.2) is 5.91 Å². The Morgan fingerprint density at radius 1 is 1.53 bits per heavy atom. The molecule has 0 spiro atoms. The van der Waals surface area contributed by atoms with E-state index < -0.39 is 0 Å². The Balaban J connectivity index is 2.19. The number of carbonyl (C=O) groups is 1. The third-order valence-electron chi connectivity index (χ3n) is 2.89. The number of hydrogen-bond donors (Lipinski definition) is 1. The van der Waals surface area contributed by atoms with Gasteiger partial charge in [0.2, 0.25) is 5.91 Å². The lowest BCUT2D eigenvalue weighted by Gasteiger charge is -2.14. The highest BCUT2D eigenvalue weighted by atomic mass is 19.1. The average molecular weight is 207 g/mol. The summed E-state index contributed by atoms with van der Waals surface area (Å²) < 4.78 is 13.0. The molecule has 2 rings (SSSR count). The molecule has 1 aromatic carbocycles. The number of nitrogens with two attached hydrogens (primary N) is 1. The van der Waals surface area contributed by atoms with Gasteiger partial charge in [-0.15, -0.1) is 0 Å². The van der Waals surface area contributed by atoms with E-state index in [-0.39, 0.29) is 17.6 Å². The van der Waals surface area contributed by atoms with Crippen molar-refractivity contribution in [1.29, 1.82) is 0 Å². The van der Waals surface area contributed by atoms with Gasteiger partial charge < -0.3 is 5.73 Å². The molecule has 0 bridgehead atoms. The number of hydrogen-bond acceptors (Lipinski definition) is 1. The van der Waals surface area contributed by atoms with Crippen LogP contribution in [0.4, 0.5) is 4.39 Å². The summed E-state index contributed by atoms with van der Waals surface area (Å²) in [5.74, 6) is 0.0660. The Hall–Kier alpha value is -1.38. The summed E-state index contributed by atoms with van der Waals surface area (Å²) in [5, 5.41) is 0. The second-order valence-electron chi connectivity index (χ2n) is 4.17. The first-order valence-electron chi connectivity index (χ1n) is 5.20. The average Bonchev–Trinajstić information content (AvgIpc) is 2.97. The molecule has 1 aliphatic rings. The van der Waals surface area contributed by atoms with Crippen LogP contribution < -0.4 is 5.73 Å². The molecule has 1 aromatic rings. The third-order valence-corrected chi connectivity index (χ3v) is 2.89. The normalized spacial score (nSPS) is 17.4. The first kappa shape index (κ1) is 10.1. The van der Waals surface area contributed by atoms with Crippen molar-refractivity contribution in [3.63, 3.8) is 0 Å². The maximum atomic E-state index is 13.0. The smallest absolute Gasteiger partial charge is 0.218 e. The molecule has 15 heavy (non-hydrogen) atoms. The lowest BCUT2D eigenvalue weighted by atomic mass is 9.91. The Labute approximate surface area is 88.3 Å². The van der Waals surface area contributed by atoms with E-state index in [0.717, 1.165) is 18.4 Å². The maximum Gasteiger partial charge on any atom is 0.218 e. The van der Waals surface area contributed by atoms with Crippen LogP contribution in [0.2, 0.25) is 0 Å². The van der Waals surface area contributed by atoms with Gasteiger partial charge in [0.15, 0.2) is 0 Å². The number of halogens is 1. The van der Waals surface area contributed by atoms with E-state index >= 15 is 0 Å². The predicted octanol–water partition coefficient (Wildman–Crippen LogP) is 2.19. The third kappa shape index (κ3) is 2.55. The highest BCUT2D eigenvalue weighted by Crippen LogP contribution is 2.44. The molecule has 0 aromatic heterocycles. The van der Waals surface area contributed by atoms with Crippen molar-refractivity contribution in [3.05, 3.63) is 35.6 Å². The van der Waals surface area contributed by atoms with E-state index in [2.05, 4.69) is 0 Å². The zero-order valence-electron chi connectivity index (χ0n) is 8.45. The van der Waals surface area contributed by atoms with Crippen molar-refractivity contribution in [3.8, 4) is 0 Å². The molecule has 3 heteroatoms. The molecule has 1 atom stereocenters. The Morgan fingerprint density at radius 3 is 2.80 bits per heavy atom. The summed E-state index contributed by atoms with van der Waals surface area (Å²) in [4.78, 5) is 10.9. The van der Waals surface area contributed by atoms with Gasteiger partial charge in [0, 0.05) is 6.42 Å².